The number of benzene rings is 2. The first-order valence-electron chi connectivity index (χ1n) is 6.45. The first-order chi connectivity index (χ1) is 9.72. The van der Waals surface area contributed by atoms with Crippen molar-refractivity contribution in [2.75, 3.05) is 6.61 Å². The predicted molar refractivity (Wildman–Crippen MR) is 75.2 cm³/mol. The van der Waals surface area contributed by atoms with E-state index in [2.05, 4.69) is 5.32 Å². The molecule has 0 spiro atoms. The standard InChI is InChI=1S/C16H16FNO2/c1-2-20-15-10-6-4-8-13(15)16(19)18-11-12-7-3-5-9-14(12)17/h3-10H,2,11H2,1H3,(H,18,19). The van der Waals surface area contributed by atoms with E-state index < -0.39 is 0 Å². The molecule has 0 aliphatic carbocycles. The molecule has 20 heavy (non-hydrogen) atoms. The quantitative estimate of drug-likeness (QED) is 0.908. The molecule has 0 saturated carbocycles. The van der Waals surface area contributed by atoms with Crippen molar-refractivity contribution < 1.29 is 13.9 Å². The number of hydrogen-bond donors (Lipinski definition) is 1. The summed E-state index contributed by atoms with van der Waals surface area (Å²) in [6.45, 7) is 2.48. The molecule has 104 valence electrons. The summed E-state index contributed by atoms with van der Waals surface area (Å²) in [6.07, 6.45) is 0. The van der Waals surface area contributed by atoms with E-state index in [4.69, 9.17) is 4.74 Å². The Labute approximate surface area is 117 Å². The average Bonchev–Trinajstić information content (AvgIpc) is 2.47. The maximum Gasteiger partial charge on any atom is 0.255 e. The highest BCUT2D eigenvalue weighted by molar-refractivity contribution is 5.96. The van der Waals surface area contributed by atoms with Gasteiger partial charge in [-0.05, 0) is 25.1 Å². The third-order valence-corrected chi connectivity index (χ3v) is 2.83. The number of ether oxygens (including phenoxy) is 1. The van der Waals surface area contributed by atoms with Crippen LogP contribution in [0.1, 0.15) is 22.8 Å². The van der Waals surface area contributed by atoms with Crippen LogP contribution in [0.25, 0.3) is 0 Å². The third kappa shape index (κ3) is 3.35. The Hall–Kier alpha value is -2.36. The van der Waals surface area contributed by atoms with Gasteiger partial charge in [0.1, 0.15) is 11.6 Å². The number of nitrogens with one attached hydrogen (secondary N) is 1. The predicted octanol–water partition coefficient (Wildman–Crippen LogP) is 3.15. The topological polar surface area (TPSA) is 38.3 Å². The van der Waals surface area contributed by atoms with E-state index in [0.717, 1.165) is 0 Å². The van der Waals surface area contributed by atoms with E-state index in [1.165, 1.54) is 6.07 Å². The number of halogens is 1. The molecular weight excluding hydrogens is 257 g/mol. The molecule has 4 heteroatoms. The van der Waals surface area contributed by atoms with E-state index >= 15 is 0 Å². The van der Waals surface area contributed by atoms with E-state index in [-0.39, 0.29) is 18.3 Å². The van der Waals surface area contributed by atoms with Gasteiger partial charge in [-0.25, -0.2) is 4.39 Å². The number of rotatable bonds is 5. The van der Waals surface area contributed by atoms with Crippen LogP contribution in [-0.4, -0.2) is 12.5 Å². The van der Waals surface area contributed by atoms with Crippen molar-refractivity contribution in [2.45, 2.75) is 13.5 Å². The van der Waals surface area contributed by atoms with Crippen LogP contribution in [0.4, 0.5) is 4.39 Å². The van der Waals surface area contributed by atoms with Crippen molar-refractivity contribution in [1.82, 2.24) is 5.32 Å². The molecule has 0 aliphatic rings. The van der Waals surface area contributed by atoms with Crippen LogP contribution >= 0.6 is 0 Å². The highest BCUT2D eigenvalue weighted by atomic mass is 19.1. The van der Waals surface area contributed by atoms with Gasteiger partial charge < -0.3 is 10.1 Å². The summed E-state index contributed by atoms with van der Waals surface area (Å²) in [4.78, 5) is 12.1. The van der Waals surface area contributed by atoms with Crippen molar-refractivity contribution in [1.29, 1.82) is 0 Å². The summed E-state index contributed by atoms with van der Waals surface area (Å²) >= 11 is 0. The van der Waals surface area contributed by atoms with Crippen molar-refractivity contribution >= 4 is 5.91 Å². The van der Waals surface area contributed by atoms with Gasteiger partial charge in [-0.3, -0.25) is 4.79 Å². The largest absolute Gasteiger partial charge is 0.493 e. The SMILES string of the molecule is CCOc1ccccc1C(=O)NCc1ccccc1F. The molecule has 0 unspecified atom stereocenters. The van der Waals surface area contributed by atoms with E-state index in [0.29, 0.717) is 23.5 Å². The fourth-order valence-electron chi connectivity index (χ4n) is 1.85. The summed E-state index contributed by atoms with van der Waals surface area (Å²) in [6, 6.07) is 13.4. The first kappa shape index (κ1) is 14.1. The first-order valence-corrected chi connectivity index (χ1v) is 6.45. The van der Waals surface area contributed by atoms with Crippen molar-refractivity contribution in [3.63, 3.8) is 0 Å². The summed E-state index contributed by atoms with van der Waals surface area (Å²) in [7, 11) is 0. The lowest BCUT2D eigenvalue weighted by Gasteiger charge is -2.10. The molecule has 0 aliphatic heterocycles. The minimum atomic E-state index is -0.328. The normalized spacial score (nSPS) is 10.1. The van der Waals surface area contributed by atoms with Gasteiger partial charge in [0.2, 0.25) is 0 Å². The summed E-state index contributed by atoms with van der Waals surface area (Å²) in [5, 5.41) is 2.70. The van der Waals surface area contributed by atoms with Crippen LogP contribution in [0.2, 0.25) is 0 Å². The number of carbonyl (C=O) groups excluding carboxylic acids is 1. The molecule has 0 heterocycles. The molecule has 0 bridgehead atoms. The van der Waals surface area contributed by atoms with Crippen LogP contribution < -0.4 is 10.1 Å². The smallest absolute Gasteiger partial charge is 0.255 e. The fourth-order valence-corrected chi connectivity index (χ4v) is 1.85. The summed E-state index contributed by atoms with van der Waals surface area (Å²) in [5.74, 6) is -0.0794. The number of hydrogen-bond acceptors (Lipinski definition) is 2. The minimum absolute atomic E-state index is 0.145. The van der Waals surface area contributed by atoms with Gasteiger partial charge in [0.15, 0.2) is 0 Å². The maximum atomic E-state index is 13.5. The minimum Gasteiger partial charge on any atom is -0.493 e. The lowest BCUT2D eigenvalue weighted by molar-refractivity contribution is 0.0947. The Kier molecular flexibility index (Phi) is 4.71. The molecule has 0 atom stereocenters. The fraction of sp³-hybridized carbons (Fsp3) is 0.188. The molecule has 2 rings (SSSR count). The van der Waals surface area contributed by atoms with Gasteiger partial charge >= 0.3 is 0 Å². The molecule has 2 aromatic carbocycles. The highest BCUT2D eigenvalue weighted by Crippen LogP contribution is 2.18. The van der Waals surface area contributed by atoms with Gasteiger partial charge in [0, 0.05) is 12.1 Å². The molecular formula is C16H16FNO2. The van der Waals surface area contributed by atoms with Gasteiger partial charge in [0.05, 0.1) is 12.2 Å². The van der Waals surface area contributed by atoms with Crippen LogP contribution in [0.5, 0.6) is 5.75 Å². The third-order valence-electron chi connectivity index (χ3n) is 2.83. The molecule has 2 aromatic rings. The molecule has 0 aromatic heterocycles. The van der Waals surface area contributed by atoms with Crippen LogP contribution in [0.15, 0.2) is 48.5 Å². The molecule has 0 saturated heterocycles. The van der Waals surface area contributed by atoms with Crippen molar-refractivity contribution in [2.24, 2.45) is 0 Å². The lowest BCUT2D eigenvalue weighted by atomic mass is 10.1. The zero-order valence-electron chi connectivity index (χ0n) is 11.2. The Bertz CT molecular complexity index is 599. The molecule has 0 fully saturated rings. The van der Waals surface area contributed by atoms with Crippen LogP contribution in [0, 0.1) is 5.82 Å². The number of para-hydroxylation sites is 1. The van der Waals surface area contributed by atoms with Gasteiger partial charge in [-0.2, -0.15) is 0 Å². The zero-order chi connectivity index (χ0) is 14.4. The van der Waals surface area contributed by atoms with Crippen molar-refractivity contribution in [3.05, 3.63) is 65.5 Å². The Morgan fingerprint density at radius 1 is 1.15 bits per heavy atom. The Balaban J connectivity index is 2.07. The van der Waals surface area contributed by atoms with Gasteiger partial charge in [-0.1, -0.05) is 30.3 Å². The maximum absolute atomic E-state index is 13.5. The molecule has 1 amide bonds. The van der Waals surface area contributed by atoms with Gasteiger partial charge in [-0.15, -0.1) is 0 Å². The molecule has 3 nitrogen and oxygen atoms in total. The van der Waals surface area contributed by atoms with Crippen LogP contribution in [0.3, 0.4) is 0 Å². The van der Waals surface area contributed by atoms with Crippen LogP contribution in [-0.2, 0) is 6.54 Å². The second-order valence-corrected chi connectivity index (χ2v) is 4.20. The van der Waals surface area contributed by atoms with E-state index in [1.807, 2.05) is 6.92 Å². The number of carbonyl (C=O) groups is 1. The monoisotopic (exact) mass is 273 g/mol. The lowest BCUT2D eigenvalue weighted by Crippen LogP contribution is -2.24. The van der Waals surface area contributed by atoms with Crippen molar-refractivity contribution in [3.8, 4) is 5.75 Å². The Morgan fingerprint density at radius 2 is 1.85 bits per heavy atom. The summed E-state index contributed by atoms with van der Waals surface area (Å²) in [5.41, 5.74) is 0.903. The Morgan fingerprint density at radius 3 is 2.60 bits per heavy atom. The second-order valence-electron chi connectivity index (χ2n) is 4.20. The van der Waals surface area contributed by atoms with E-state index in [9.17, 15) is 9.18 Å². The zero-order valence-corrected chi connectivity index (χ0v) is 11.2. The summed E-state index contributed by atoms with van der Waals surface area (Å²) < 4.78 is 18.9. The second kappa shape index (κ2) is 6.70. The highest BCUT2D eigenvalue weighted by Gasteiger charge is 2.12. The van der Waals surface area contributed by atoms with E-state index in [1.54, 1.807) is 42.5 Å². The molecule has 1 N–H and O–H groups in total. The number of amides is 1. The molecule has 0 radical (unpaired) electrons. The van der Waals surface area contributed by atoms with Gasteiger partial charge in [0.25, 0.3) is 5.91 Å². The average molecular weight is 273 g/mol.